The zero-order valence-corrected chi connectivity index (χ0v) is 15.0. The van der Waals surface area contributed by atoms with Crippen LogP contribution in [0.25, 0.3) is 0 Å². The van der Waals surface area contributed by atoms with Crippen LogP contribution in [0.4, 0.5) is 4.79 Å². The lowest BCUT2D eigenvalue weighted by Crippen LogP contribution is -2.67. The van der Waals surface area contributed by atoms with Gasteiger partial charge in [-0.3, -0.25) is 9.35 Å². The van der Waals surface area contributed by atoms with Gasteiger partial charge in [-0.1, -0.05) is 6.92 Å². The maximum atomic E-state index is 12.6. The Balaban J connectivity index is 1.30. The van der Waals surface area contributed by atoms with Gasteiger partial charge in [-0.15, -0.1) is 4.28 Å². The Morgan fingerprint density at radius 1 is 1.40 bits per heavy atom. The number of amides is 3. The van der Waals surface area contributed by atoms with Gasteiger partial charge in [-0.05, 0) is 37.6 Å². The van der Waals surface area contributed by atoms with Crippen LogP contribution in [0, 0.1) is 5.41 Å². The number of carbonyl (C=O) groups is 2. The average Bonchev–Trinajstić information content (AvgIpc) is 2.73. The predicted molar refractivity (Wildman–Crippen MR) is 88.3 cm³/mol. The van der Waals surface area contributed by atoms with Crippen LogP contribution < -0.4 is 5.32 Å². The van der Waals surface area contributed by atoms with Crippen LogP contribution in [0.3, 0.4) is 0 Å². The van der Waals surface area contributed by atoms with Gasteiger partial charge >= 0.3 is 17.4 Å². The van der Waals surface area contributed by atoms with Gasteiger partial charge in [0.05, 0.1) is 6.04 Å². The summed E-state index contributed by atoms with van der Waals surface area (Å²) in [5.74, 6) is -0.120. The summed E-state index contributed by atoms with van der Waals surface area (Å²) in [7, 11) is 0. The average molecular weight is 372 g/mol. The Hall–Kier alpha value is -1.23. The zero-order valence-electron chi connectivity index (χ0n) is 14.2. The Labute approximate surface area is 149 Å². The standard InChI is InChI=1S/C15H24N4O5S/c1-2-17-8-15(9-17)5-10(6-15)16-13(20)12-4-3-11-7-18(12)14(21)19(11)24-25(22)23/h10-12H,2-9H2,1H3,(H,16,20)(H,22,23)/t11-,12+/m1/s1. The van der Waals surface area contributed by atoms with Crippen molar-refractivity contribution in [2.45, 2.75) is 50.7 Å². The monoisotopic (exact) mass is 372 g/mol. The van der Waals surface area contributed by atoms with E-state index in [1.165, 1.54) is 4.90 Å². The van der Waals surface area contributed by atoms with Crippen LogP contribution in [0.15, 0.2) is 0 Å². The van der Waals surface area contributed by atoms with Crippen molar-refractivity contribution in [2.24, 2.45) is 5.41 Å². The molecule has 0 aromatic rings. The third-order valence-corrected chi connectivity index (χ3v) is 6.33. The summed E-state index contributed by atoms with van der Waals surface area (Å²) < 4.78 is 24.4. The van der Waals surface area contributed by atoms with Gasteiger partial charge in [-0.25, -0.2) is 4.79 Å². The van der Waals surface area contributed by atoms with E-state index in [0.29, 0.717) is 24.8 Å². The van der Waals surface area contributed by atoms with E-state index < -0.39 is 23.4 Å². The van der Waals surface area contributed by atoms with Crippen molar-refractivity contribution in [2.75, 3.05) is 26.2 Å². The van der Waals surface area contributed by atoms with Crippen LogP contribution in [-0.4, -0.2) is 79.9 Å². The van der Waals surface area contributed by atoms with Gasteiger partial charge in [0.25, 0.3) is 0 Å². The number of hydrogen-bond acceptors (Lipinski definition) is 5. The molecule has 3 amide bonds. The summed E-state index contributed by atoms with van der Waals surface area (Å²) in [6.07, 6.45) is 3.15. The number of hydroxylamine groups is 2. The van der Waals surface area contributed by atoms with E-state index in [-0.39, 0.29) is 18.0 Å². The molecule has 2 N–H and O–H groups in total. The van der Waals surface area contributed by atoms with E-state index >= 15 is 0 Å². The van der Waals surface area contributed by atoms with Gasteiger partial charge in [0.1, 0.15) is 6.04 Å². The van der Waals surface area contributed by atoms with E-state index in [9.17, 15) is 13.8 Å². The number of likely N-dealkylation sites (tertiary alicyclic amines) is 1. The maximum Gasteiger partial charge on any atom is 0.346 e. The highest BCUT2D eigenvalue weighted by atomic mass is 32.2. The smallest absolute Gasteiger partial charge is 0.346 e. The molecule has 0 radical (unpaired) electrons. The summed E-state index contributed by atoms with van der Waals surface area (Å²) >= 11 is -2.54. The van der Waals surface area contributed by atoms with Crippen LogP contribution in [0.5, 0.6) is 0 Å². The molecule has 4 fully saturated rings. The quantitative estimate of drug-likeness (QED) is 0.655. The molecule has 3 saturated heterocycles. The number of hydrogen-bond donors (Lipinski definition) is 2. The maximum absolute atomic E-state index is 12.6. The molecule has 10 heteroatoms. The summed E-state index contributed by atoms with van der Waals surface area (Å²) in [5.41, 5.74) is 0.394. The molecule has 3 atom stereocenters. The SMILES string of the molecule is CCN1CC2(CC(NC(=O)[C@@H]3CC[C@@H]4CN3C(=O)N4OS(=O)O)C2)C1. The molecule has 4 rings (SSSR count). The van der Waals surface area contributed by atoms with E-state index in [1.54, 1.807) is 0 Å². The number of urea groups is 1. The molecule has 1 aliphatic carbocycles. The largest absolute Gasteiger partial charge is 0.352 e. The number of piperidine rings is 1. The van der Waals surface area contributed by atoms with Gasteiger partial charge in [0.15, 0.2) is 0 Å². The third kappa shape index (κ3) is 2.94. The van der Waals surface area contributed by atoms with Crippen molar-refractivity contribution < 1.29 is 22.6 Å². The summed E-state index contributed by atoms with van der Waals surface area (Å²) in [6, 6.07) is -1.10. The fourth-order valence-electron chi connectivity index (χ4n) is 4.84. The number of carbonyl (C=O) groups excluding carboxylic acids is 2. The second-order valence-electron chi connectivity index (χ2n) is 7.72. The van der Waals surface area contributed by atoms with Crippen LogP contribution in [0.1, 0.15) is 32.6 Å². The zero-order chi connectivity index (χ0) is 17.8. The van der Waals surface area contributed by atoms with Gasteiger partial charge in [0.2, 0.25) is 5.91 Å². The first-order valence-electron chi connectivity index (χ1n) is 8.83. The van der Waals surface area contributed by atoms with Gasteiger partial charge in [-0.2, -0.15) is 9.27 Å². The highest BCUT2D eigenvalue weighted by molar-refractivity contribution is 7.74. The van der Waals surface area contributed by atoms with E-state index in [2.05, 4.69) is 21.4 Å². The molecule has 0 aromatic carbocycles. The molecule has 3 heterocycles. The fourth-order valence-corrected chi connectivity index (χ4v) is 5.16. The van der Waals surface area contributed by atoms with Crippen LogP contribution >= 0.6 is 0 Å². The van der Waals surface area contributed by atoms with Crippen molar-refractivity contribution in [1.82, 2.24) is 20.2 Å². The molecule has 4 aliphatic rings. The highest BCUT2D eigenvalue weighted by Gasteiger charge is 2.53. The lowest BCUT2D eigenvalue weighted by atomic mass is 9.60. The number of rotatable bonds is 5. The molecular formula is C15H24N4O5S. The molecule has 3 aliphatic heterocycles. The molecule has 0 aromatic heterocycles. The second-order valence-corrected chi connectivity index (χ2v) is 8.30. The molecule has 1 spiro atoms. The van der Waals surface area contributed by atoms with Crippen LogP contribution in [0.2, 0.25) is 0 Å². The number of fused-ring (bicyclic) bond motifs is 2. The molecule has 9 nitrogen and oxygen atoms in total. The van der Waals surface area contributed by atoms with E-state index in [4.69, 9.17) is 4.55 Å². The topological polar surface area (TPSA) is 102 Å². The Bertz CT molecular complexity index is 603. The second kappa shape index (κ2) is 6.19. The third-order valence-electron chi connectivity index (χ3n) is 6.04. The molecule has 25 heavy (non-hydrogen) atoms. The lowest BCUT2D eigenvalue weighted by molar-refractivity contribution is -0.131. The van der Waals surface area contributed by atoms with Gasteiger partial charge < -0.3 is 15.1 Å². The first-order chi connectivity index (χ1) is 11.9. The first kappa shape index (κ1) is 17.2. The highest BCUT2D eigenvalue weighted by Crippen LogP contribution is 2.48. The Morgan fingerprint density at radius 3 is 2.76 bits per heavy atom. The van der Waals surface area contributed by atoms with Crippen molar-refractivity contribution in [1.29, 1.82) is 0 Å². The van der Waals surface area contributed by atoms with E-state index in [0.717, 1.165) is 37.5 Å². The van der Waals surface area contributed by atoms with Crippen molar-refractivity contribution in [3.05, 3.63) is 0 Å². The van der Waals surface area contributed by atoms with Crippen molar-refractivity contribution >= 4 is 23.3 Å². The van der Waals surface area contributed by atoms with Gasteiger partial charge in [0, 0.05) is 25.7 Å². The van der Waals surface area contributed by atoms with Crippen LogP contribution in [-0.2, 0) is 20.4 Å². The summed E-state index contributed by atoms with van der Waals surface area (Å²) in [4.78, 5) is 28.8. The normalized spacial score (nSPS) is 32.5. The fraction of sp³-hybridized carbons (Fsp3) is 0.867. The minimum absolute atomic E-state index is 0.120. The first-order valence-corrected chi connectivity index (χ1v) is 9.86. The molecule has 1 saturated carbocycles. The minimum atomic E-state index is -2.54. The van der Waals surface area contributed by atoms with Crippen molar-refractivity contribution in [3.8, 4) is 0 Å². The Kier molecular flexibility index (Phi) is 4.25. The van der Waals surface area contributed by atoms with Crippen molar-refractivity contribution in [3.63, 3.8) is 0 Å². The molecular weight excluding hydrogens is 348 g/mol. The van der Waals surface area contributed by atoms with E-state index in [1.807, 2.05) is 0 Å². The number of nitrogens with zero attached hydrogens (tertiary/aromatic N) is 3. The number of nitrogens with one attached hydrogen (secondary N) is 1. The minimum Gasteiger partial charge on any atom is -0.352 e. The molecule has 2 bridgehead atoms. The predicted octanol–water partition coefficient (Wildman–Crippen LogP) is -0.0762. The summed E-state index contributed by atoms with van der Waals surface area (Å²) in [6.45, 7) is 5.84. The Morgan fingerprint density at radius 2 is 2.12 bits per heavy atom. The molecule has 140 valence electrons. The molecule has 1 unspecified atom stereocenters. The summed E-state index contributed by atoms with van der Waals surface area (Å²) in [5, 5.41) is 4.02. The lowest BCUT2D eigenvalue weighted by Gasteiger charge is -2.59.